The summed E-state index contributed by atoms with van der Waals surface area (Å²) in [6.07, 6.45) is 1.72. The molecule has 1 aliphatic rings. The first kappa shape index (κ1) is 23.5. The summed E-state index contributed by atoms with van der Waals surface area (Å²) in [5.41, 5.74) is 1.85. The van der Waals surface area contributed by atoms with Crippen molar-refractivity contribution in [3.8, 4) is 0 Å². The number of fused-ring (bicyclic) bond motifs is 1. The van der Waals surface area contributed by atoms with Gasteiger partial charge in [-0.1, -0.05) is 0 Å². The van der Waals surface area contributed by atoms with Crippen molar-refractivity contribution >= 4 is 36.0 Å². The highest BCUT2D eigenvalue weighted by Crippen LogP contribution is 2.48. The molecule has 14 heteroatoms. The van der Waals surface area contributed by atoms with Crippen LogP contribution < -0.4 is 16.6 Å². The zero-order valence-electron chi connectivity index (χ0n) is 17.3. The number of rotatable bonds is 6. The molecule has 0 fully saturated rings. The van der Waals surface area contributed by atoms with Crippen molar-refractivity contribution in [2.75, 3.05) is 5.32 Å². The number of carbonyl (C=O) groups excluding carboxylic acids is 2. The van der Waals surface area contributed by atoms with E-state index < -0.39 is 37.6 Å². The molecule has 0 aliphatic carbocycles. The minimum absolute atomic E-state index is 0.0187. The number of ether oxygens (including phenoxy) is 1. The van der Waals surface area contributed by atoms with Gasteiger partial charge in [0.05, 0.1) is 16.8 Å². The van der Waals surface area contributed by atoms with E-state index in [0.717, 1.165) is 15.1 Å². The second kappa shape index (κ2) is 8.10. The molecule has 6 N–H and O–H groups in total. The van der Waals surface area contributed by atoms with Gasteiger partial charge < -0.3 is 19.8 Å². The number of hydrazine groups is 1. The van der Waals surface area contributed by atoms with Crippen LogP contribution in [0.2, 0.25) is 0 Å². The Kier molecular flexibility index (Phi) is 6.15. The number of phosphoric acid groups is 1. The second-order valence-corrected chi connectivity index (χ2v) is 10.3. The largest absolute Gasteiger partial charge is 0.471 e. The van der Waals surface area contributed by atoms with Gasteiger partial charge in [0, 0.05) is 17.5 Å². The summed E-state index contributed by atoms with van der Waals surface area (Å²) in [6, 6.07) is 1.35. The minimum Gasteiger partial charge on any atom is -0.364 e. The van der Waals surface area contributed by atoms with Crippen LogP contribution >= 0.6 is 19.2 Å². The lowest BCUT2D eigenvalue weighted by atomic mass is 9.86. The number of carbonyl (C=O) groups is 2. The summed E-state index contributed by atoms with van der Waals surface area (Å²) in [5, 5.41) is 6.79. The summed E-state index contributed by atoms with van der Waals surface area (Å²) in [6.45, 7) is 6.96. The molecule has 2 aromatic heterocycles. The Balaban J connectivity index is 1.97. The molecule has 0 aromatic carbocycles. The van der Waals surface area contributed by atoms with Gasteiger partial charge in [0.15, 0.2) is 6.73 Å². The molecular weight excluding hydrogens is 449 g/mol. The van der Waals surface area contributed by atoms with Crippen molar-refractivity contribution in [3.63, 3.8) is 0 Å². The van der Waals surface area contributed by atoms with Crippen LogP contribution in [0.25, 0.3) is 0 Å². The van der Waals surface area contributed by atoms with Gasteiger partial charge in [-0.2, -0.15) is 5.10 Å². The SMILES string of the molecule is CC1(C)Cc2c(sc(NC(=O)c3ccnn3COP(=O)(O)O)c2C(=O)NN)C(C)(C)O1. The van der Waals surface area contributed by atoms with Gasteiger partial charge in [-0.15, -0.1) is 11.3 Å². The fourth-order valence-corrected chi connectivity index (χ4v) is 5.16. The third kappa shape index (κ3) is 5.04. The Bertz CT molecular complexity index is 1070. The van der Waals surface area contributed by atoms with Crippen LogP contribution in [0.5, 0.6) is 0 Å². The number of nitrogen functional groups attached to an aromatic ring is 1. The quantitative estimate of drug-likeness (QED) is 0.180. The lowest BCUT2D eigenvalue weighted by Crippen LogP contribution is -2.42. The topological polar surface area (TPSA) is 178 Å². The van der Waals surface area contributed by atoms with E-state index in [2.05, 4.69) is 20.4 Å². The monoisotopic (exact) mass is 473 g/mol. The van der Waals surface area contributed by atoms with Crippen molar-refractivity contribution in [2.45, 2.75) is 52.0 Å². The van der Waals surface area contributed by atoms with Crippen LogP contribution in [-0.2, 0) is 32.6 Å². The third-order valence-electron chi connectivity index (χ3n) is 4.57. The molecule has 0 saturated heterocycles. The number of amides is 2. The van der Waals surface area contributed by atoms with Crippen molar-refractivity contribution in [2.24, 2.45) is 5.84 Å². The highest BCUT2D eigenvalue weighted by molar-refractivity contribution is 7.46. The van der Waals surface area contributed by atoms with Crippen molar-refractivity contribution in [1.82, 2.24) is 15.2 Å². The van der Waals surface area contributed by atoms with Crippen LogP contribution in [0.15, 0.2) is 12.3 Å². The number of nitrogens with two attached hydrogens (primary N) is 1. The third-order valence-corrected chi connectivity index (χ3v) is 6.47. The normalized spacial score (nSPS) is 17.1. The van der Waals surface area contributed by atoms with Gasteiger partial charge in [-0.05, 0) is 39.3 Å². The molecule has 31 heavy (non-hydrogen) atoms. The number of thiophene rings is 1. The number of aromatic nitrogens is 2. The second-order valence-electron chi connectivity index (χ2n) is 8.06. The molecule has 3 rings (SSSR count). The van der Waals surface area contributed by atoms with Crippen LogP contribution in [0.1, 0.15) is 59.0 Å². The lowest BCUT2D eigenvalue weighted by Gasteiger charge is -2.41. The minimum atomic E-state index is -4.75. The maximum absolute atomic E-state index is 12.9. The van der Waals surface area contributed by atoms with E-state index >= 15 is 0 Å². The number of nitrogens with zero attached hydrogens (tertiary/aromatic N) is 2. The molecule has 12 nitrogen and oxygen atoms in total. The first-order valence-electron chi connectivity index (χ1n) is 9.14. The summed E-state index contributed by atoms with van der Waals surface area (Å²) >= 11 is 1.20. The zero-order chi connectivity index (χ0) is 23.2. The Morgan fingerprint density at radius 1 is 1.35 bits per heavy atom. The predicted octanol–water partition coefficient (Wildman–Crippen LogP) is 1.45. The zero-order valence-corrected chi connectivity index (χ0v) is 19.0. The lowest BCUT2D eigenvalue weighted by molar-refractivity contribution is -0.135. The molecule has 3 heterocycles. The summed E-state index contributed by atoms with van der Waals surface area (Å²) in [7, 11) is -4.75. The van der Waals surface area contributed by atoms with Crippen LogP contribution in [0, 0.1) is 0 Å². The standard InChI is InChI=1S/C17H24N5O7PS/c1-16(2)7-9-11(14(24)21-18)15(31-12(9)17(3,4)29-16)20-13(23)10-5-6-19-22(10)8-28-30(25,26)27/h5-6H,7-8,18H2,1-4H3,(H,20,23)(H,21,24)(H2,25,26,27). The number of nitrogens with one attached hydrogen (secondary N) is 2. The molecular formula is C17H24N5O7PS. The smallest absolute Gasteiger partial charge is 0.364 e. The molecule has 0 bridgehead atoms. The van der Waals surface area contributed by atoms with Gasteiger partial charge in [0.1, 0.15) is 10.7 Å². The van der Waals surface area contributed by atoms with Crippen LogP contribution in [0.4, 0.5) is 5.00 Å². The fourth-order valence-electron chi connectivity index (χ4n) is 3.64. The van der Waals surface area contributed by atoms with Crippen LogP contribution in [-0.4, -0.2) is 37.0 Å². The molecule has 2 aromatic rings. The summed E-state index contributed by atoms with van der Waals surface area (Å²) < 4.78 is 22.5. The predicted molar refractivity (Wildman–Crippen MR) is 111 cm³/mol. The molecule has 170 valence electrons. The average Bonchev–Trinajstić information content (AvgIpc) is 3.22. The number of anilines is 1. The Labute approximate surface area is 181 Å². The molecule has 1 aliphatic heterocycles. The maximum atomic E-state index is 12.9. The van der Waals surface area contributed by atoms with Crippen LogP contribution in [0.3, 0.4) is 0 Å². The molecule has 0 radical (unpaired) electrons. The van der Waals surface area contributed by atoms with Gasteiger partial charge >= 0.3 is 7.82 Å². The molecule has 0 atom stereocenters. The highest BCUT2D eigenvalue weighted by atomic mass is 32.1. The van der Waals surface area contributed by atoms with E-state index in [1.165, 1.54) is 23.6 Å². The number of hydrogen-bond donors (Lipinski definition) is 5. The van der Waals surface area contributed by atoms with E-state index in [0.29, 0.717) is 6.42 Å². The highest BCUT2D eigenvalue weighted by Gasteiger charge is 2.43. The molecule has 0 unspecified atom stereocenters. The Morgan fingerprint density at radius 2 is 2.03 bits per heavy atom. The number of phosphoric ester groups is 1. The fraction of sp³-hybridized carbons (Fsp3) is 0.471. The first-order chi connectivity index (χ1) is 14.2. The van der Waals surface area contributed by atoms with E-state index in [9.17, 15) is 14.2 Å². The van der Waals surface area contributed by atoms with Gasteiger partial charge in [0.2, 0.25) is 0 Å². The molecule has 0 spiro atoms. The van der Waals surface area contributed by atoms with Gasteiger partial charge in [-0.3, -0.25) is 19.5 Å². The van der Waals surface area contributed by atoms with Crippen molar-refractivity contribution < 1.29 is 33.2 Å². The average molecular weight is 473 g/mol. The molecule has 2 amide bonds. The van der Waals surface area contributed by atoms with Gasteiger partial charge in [0.25, 0.3) is 11.8 Å². The van der Waals surface area contributed by atoms with E-state index in [1.54, 1.807) is 0 Å². The van der Waals surface area contributed by atoms with Crippen molar-refractivity contribution in [3.05, 3.63) is 34.0 Å². The van der Waals surface area contributed by atoms with Crippen molar-refractivity contribution in [1.29, 1.82) is 0 Å². The summed E-state index contributed by atoms with van der Waals surface area (Å²) in [5.74, 6) is 4.19. The Hall–Kier alpha value is -2.12. The summed E-state index contributed by atoms with van der Waals surface area (Å²) in [4.78, 5) is 44.0. The first-order valence-corrected chi connectivity index (χ1v) is 11.5. The number of hydrogen-bond acceptors (Lipinski definition) is 8. The van der Waals surface area contributed by atoms with E-state index in [-0.39, 0.29) is 16.3 Å². The van der Waals surface area contributed by atoms with E-state index in [4.69, 9.17) is 20.4 Å². The van der Waals surface area contributed by atoms with E-state index in [1.807, 2.05) is 27.7 Å². The Morgan fingerprint density at radius 3 is 2.65 bits per heavy atom. The maximum Gasteiger partial charge on any atom is 0.471 e. The molecule has 0 saturated carbocycles. The van der Waals surface area contributed by atoms with Gasteiger partial charge in [-0.25, -0.2) is 15.1 Å².